The van der Waals surface area contributed by atoms with Crippen LogP contribution in [0.5, 0.6) is 0 Å². The SMILES string of the molecule is C=C(/C=C\C(=C/C)SC)C(Cl)(c1ccc(SC)cc1)C1C=CC(SC)=CC1. The summed E-state index contributed by atoms with van der Waals surface area (Å²) in [6.07, 6.45) is 20.2. The highest BCUT2D eigenvalue weighted by atomic mass is 35.5. The number of hydrogen-bond donors (Lipinski definition) is 0. The van der Waals surface area contributed by atoms with Gasteiger partial charge in [0.05, 0.1) is 0 Å². The zero-order valence-electron chi connectivity index (χ0n) is 16.4. The minimum absolute atomic E-state index is 0.163. The van der Waals surface area contributed by atoms with Crippen LogP contribution >= 0.6 is 46.9 Å². The molecular weight excluding hydrogens is 408 g/mol. The van der Waals surface area contributed by atoms with Gasteiger partial charge < -0.3 is 0 Å². The lowest BCUT2D eigenvalue weighted by molar-refractivity contribution is 0.516. The van der Waals surface area contributed by atoms with E-state index in [0.717, 1.165) is 17.6 Å². The summed E-state index contributed by atoms with van der Waals surface area (Å²) in [6, 6.07) is 8.57. The van der Waals surface area contributed by atoms with E-state index in [-0.39, 0.29) is 5.92 Å². The first-order chi connectivity index (χ1) is 13.0. The Kier molecular flexibility index (Phi) is 8.94. The zero-order chi connectivity index (χ0) is 19.9. The van der Waals surface area contributed by atoms with Gasteiger partial charge in [-0.3, -0.25) is 0 Å². The van der Waals surface area contributed by atoms with Crippen LogP contribution in [-0.4, -0.2) is 18.8 Å². The summed E-state index contributed by atoms with van der Waals surface area (Å²) in [5.74, 6) is 0.163. The van der Waals surface area contributed by atoms with Gasteiger partial charge in [-0.2, -0.15) is 0 Å². The van der Waals surface area contributed by atoms with Crippen LogP contribution in [-0.2, 0) is 4.87 Å². The lowest BCUT2D eigenvalue weighted by Crippen LogP contribution is -2.30. The van der Waals surface area contributed by atoms with Crippen molar-refractivity contribution >= 4 is 46.9 Å². The van der Waals surface area contributed by atoms with Crippen LogP contribution in [0.2, 0.25) is 0 Å². The van der Waals surface area contributed by atoms with E-state index in [1.165, 1.54) is 14.7 Å². The predicted octanol–water partition coefficient (Wildman–Crippen LogP) is 8.04. The highest BCUT2D eigenvalue weighted by Gasteiger charge is 2.39. The van der Waals surface area contributed by atoms with Gasteiger partial charge in [0, 0.05) is 20.6 Å². The Morgan fingerprint density at radius 1 is 1.15 bits per heavy atom. The van der Waals surface area contributed by atoms with Crippen LogP contribution in [0, 0.1) is 5.92 Å². The fourth-order valence-electron chi connectivity index (χ4n) is 3.10. The number of benzene rings is 1. The molecule has 2 unspecified atom stereocenters. The van der Waals surface area contributed by atoms with Crippen molar-refractivity contribution in [3.63, 3.8) is 0 Å². The van der Waals surface area contributed by atoms with Crippen molar-refractivity contribution in [3.05, 3.63) is 88.2 Å². The van der Waals surface area contributed by atoms with Crippen molar-refractivity contribution in [2.75, 3.05) is 18.8 Å². The van der Waals surface area contributed by atoms with Gasteiger partial charge >= 0.3 is 0 Å². The number of allylic oxidation sites excluding steroid dienone is 7. The third-order valence-corrected chi connectivity index (χ3v) is 7.86. The summed E-state index contributed by atoms with van der Waals surface area (Å²) in [5.41, 5.74) is 2.02. The second-order valence-electron chi connectivity index (χ2n) is 6.21. The minimum atomic E-state index is -0.665. The molecule has 0 heterocycles. The molecule has 0 fully saturated rings. The van der Waals surface area contributed by atoms with Gasteiger partial charge in [-0.25, -0.2) is 0 Å². The second kappa shape index (κ2) is 10.7. The van der Waals surface area contributed by atoms with Crippen LogP contribution in [0.4, 0.5) is 0 Å². The van der Waals surface area contributed by atoms with Gasteiger partial charge in [0.25, 0.3) is 0 Å². The van der Waals surface area contributed by atoms with Crippen molar-refractivity contribution in [2.24, 2.45) is 5.92 Å². The lowest BCUT2D eigenvalue weighted by Gasteiger charge is -2.36. The van der Waals surface area contributed by atoms with Crippen LogP contribution in [0.3, 0.4) is 0 Å². The monoisotopic (exact) mass is 434 g/mol. The number of rotatable bonds is 8. The van der Waals surface area contributed by atoms with Gasteiger partial charge in [0.15, 0.2) is 0 Å². The van der Waals surface area contributed by atoms with Gasteiger partial charge in [0.1, 0.15) is 4.87 Å². The van der Waals surface area contributed by atoms with Gasteiger partial charge in [-0.15, -0.1) is 46.9 Å². The molecule has 0 saturated heterocycles. The van der Waals surface area contributed by atoms with Crippen molar-refractivity contribution in [1.29, 1.82) is 0 Å². The molecule has 0 nitrogen and oxygen atoms in total. The molecule has 2 atom stereocenters. The van der Waals surface area contributed by atoms with Gasteiger partial charge in [-0.1, -0.05) is 49.1 Å². The Bertz CT molecular complexity index is 771. The molecule has 144 valence electrons. The molecular formula is C23H27ClS3. The smallest absolute Gasteiger partial charge is 0.100 e. The van der Waals surface area contributed by atoms with E-state index in [9.17, 15) is 0 Å². The van der Waals surface area contributed by atoms with Crippen molar-refractivity contribution in [3.8, 4) is 0 Å². The normalized spacial score (nSPS) is 19.8. The quantitative estimate of drug-likeness (QED) is 0.231. The van der Waals surface area contributed by atoms with Crippen molar-refractivity contribution < 1.29 is 0 Å². The summed E-state index contributed by atoms with van der Waals surface area (Å²) in [7, 11) is 0. The average Bonchev–Trinajstić information content (AvgIpc) is 2.73. The Labute approximate surface area is 182 Å². The lowest BCUT2D eigenvalue weighted by atomic mass is 9.77. The first-order valence-corrected chi connectivity index (χ1v) is 12.9. The maximum Gasteiger partial charge on any atom is 0.100 e. The van der Waals surface area contributed by atoms with Crippen LogP contribution < -0.4 is 0 Å². The van der Waals surface area contributed by atoms with E-state index >= 15 is 0 Å². The second-order valence-corrected chi connectivity index (χ2v) is 9.44. The maximum atomic E-state index is 7.38. The summed E-state index contributed by atoms with van der Waals surface area (Å²) in [4.78, 5) is 3.07. The number of alkyl halides is 1. The third kappa shape index (κ3) is 5.41. The molecule has 4 heteroatoms. The molecule has 0 radical (unpaired) electrons. The first kappa shape index (κ1) is 22.5. The highest BCUT2D eigenvalue weighted by molar-refractivity contribution is 8.02. The summed E-state index contributed by atoms with van der Waals surface area (Å²) < 4.78 is 0. The molecule has 0 bridgehead atoms. The third-order valence-electron chi connectivity index (χ3n) is 4.76. The largest absolute Gasteiger partial charge is 0.130 e. The van der Waals surface area contributed by atoms with Gasteiger partial charge in [0.2, 0.25) is 0 Å². The molecule has 1 aliphatic rings. The molecule has 27 heavy (non-hydrogen) atoms. The zero-order valence-corrected chi connectivity index (χ0v) is 19.6. The Morgan fingerprint density at radius 3 is 2.33 bits per heavy atom. The molecule has 0 spiro atoms. The van der Waals surface area contributed by atoms with Crippen LogP contribution in [0.25, 0.3) is 0 Å². The molecule has 0 aliphatic heterocycles. The Balaban J connectivity index is 2.43. The average molecular weight is 435 g/mol. The summed E-state index contributed by atoms with van der Waals surface area (Å²) >= 11 is 12.6. The highest BCUT2D eigenvalue weighted by Crippen LogP contribution is 2.48. The van der Waals surface area contributed by atoms with E-state index in [2.05, 4.69) is 86.1 Å². The molecule has 1 aromatic carbocycles. The Morgan fingerprint density at radius 2 is 1.85 bits per heavy atom. The van der Waals surface area contributed by atoms with E-state index in [1.807, 2.05) is 6.92 Å². The van der Waals surface area contributed by atoms with Crippen LogP contribution in [0.1, 0.15) is 18.9 Å². The topological polar surface area (TPSA) is 0 Å². The summed E-state index contributed by atoms with van der Waals surface area (Å²) in [5, 5.41) is 0. The van der Waals surface area contributed by atoms with Crippen molar-refractivity contribution in [1.82, 2.24) is 0 Å². The first-order valence-electron chi connectivity index (χ1n) is 8.83. The minimum Gasteiger partial charge on any atom is -0.130 e. The molecule has 0 N–H and O–H groups in total. The Hall–Kier alpha value is -0.740. The number of thioether (sulfide) groups is 3. The number of hydrogen-bond acceptors (Lipinski definition) is 3. The van der Waals surface area contributed by atoms with E-state index in [4.69, 9.17) is 11.6 Å². The van der Waals surface area contributed by atoms with Crippen LogP contribution in [0.15, 0.2) is 87.6 Å². The molecule has 0 aromatic heterocycles. The standard InChI is InChI=1S/C23H27ClS3/c1-6-20(25-3)12-7-17(2)23(24,18-8-13-21(26-4)14-9-18)19-10-15-22(27-5)16-11-19/h6-10,12-16,19H,2,11H2,1,3-5H3/b12-7-,20-6+. The van der Waals surface area contributed by atoms with E-state index in [0.29, 0.717) is 0 Å². The molecule has 0 amide bonds. The number of halogens is 1. The molecule has 1 aliphatic carbocycles. The fraction of sp³-hybridized carbons (Fsp3) is 0.304. The molecule has 1 aromatic rings. The van der Waals surface area contributed by atoms with Crippen molar-refractivity contribution in [2.45, 2.75) is 23.1 Å². The van der Waals surface area contributed by atoms with Gasteiger partial charge in [-0.05, 0) is 61.5 Å². The molecule has 2 rings (SSSR count). The maximum absolute atomic E-state index is 7.38. The molecule has 0 saturated carbocycles. The fourth-order valence-corrected chi connectivity index (χ4v) is 4.78. The predicted molar refractivity (Wildman–Crippen MR) is 130 cm³/mol. The summed E-state index contributed by atoms with van der Waals surface area (Å²) in [6.45, 7) is 6.43. The van der Waals surface area contributed by atoms with E-state index < -0.39 is 4.87 Å². The van der Waals surface area contributed by atoms with E-state index in [1.54, 1.807) is 35.3 Å².